The van der Waals surface area contributed by atoms with Crippen LogP contribution in [0.4, 0.5) is 5.82 Å². The fourth-order valence-electron chi connectivity index (χ4n) is 2.65. The lowest BCUT2D eigenvalue weighted by atomic mass is 10.1. The molecule has 0 fully saturated rings. The van der Waals surface area contributed by atoms with Crippen molar-refractivity contribution < 1.29 is 4.74 Å². The van der Waals surface area contributed by atoms with Crippen LogP contribution in [0.1, 0.15) is 39.1 Å². The minimum absolute atomic E-state index is 0.0786. The maximum absolute atomic E-state index is 6.39. The largest absolute Gasteiger partial charge is 0.383 e. The number of nitrogens with two attached hydrogens (primary N) is 1. The van der Waals surface area contributed by atoms with Crippen LogP contribution in [-0.2, 0) is 23.3 Å². The highest BCUT2D eigenvalue weighted by Crippen LogP contribution is 2.32. The van der Waals surface area contributed by atoms with E-state index in [1.54, 1.807) is 7.11 Å². The van der Waals surface area contributed by atoms with E-state index in [1.165, 1.54) is 0 Å². The number of methoxy groups -OCH3 is 1. The Morgan fingerprint density at radius 2 is 2.00 bits per heavy atom. The van der Waals surface area contributed by atoms with Crippen LogP contribution >= 0.6 is 0 Å². The maximum Gasteiger partial charge on any atom is 0.132 e. The number of aryl methyl sites for hydroxylation is 1. The Hall–Kier alpha value is -1.81. The molecule has 0 aliphatic rings. The first kappa shape index (κ1) is 15.6. The molecule has 0 saturated heterocycles. The molecule has 0 atom stereocenters. The summed E-state index contributed by atoms with van der Waals surface area (Å²) in [5, 5.41) is 0. The third kappa shape index (κ3) is 3.10. The quantitative estimate of drug-likeness (QED) is 0.935. The topological polar surface area (TPSA) is 53.1 Å². The number of hydrogen-bond acceptors (Lipinski definition) is 3. The van der Waals surface area contributed by atoms with Crippen molar-refractivity contribution in [1.29, 1.82) is 0 Å². The van der Waals surface area contributed by atoms with Crippen molar-refractivity contribution in [2.45, 2.75) is 46.3 Å². The molecule has 0 aliphatic heterocycles. The van der Waals surface area contributed by atoms with E-state index < -0.39 is 0 Å². The van der Waals surface area contributed by atoms with Gasteiger partial charge in [0.05, 0.1) is 6.61 Å². The van der Waals surface area contributed by atoms with E-state index in [4.69, 9.17) is 15.5 Å². The van der Waals surface area contributed by atoms with Gasteiger partial charge in [-0.25, -0.2) is 4.98 Å². The van der Waals surface area contributed by atoms with Gasteiger partial charge in [-0.05, 0) is 32.4 Å². The number of benzene rings is 1. The molecule has 1 aromatic carbocycles. The van der Waals surface area contributed by atoms with Gasteiger partial charge in [0.25, 0.3) is 0 Å². The van der Waals surface area contributed by atoms with Crippen LogP contribution in [0, 0.1) is 0 Å². The molecule has 1 aromatic heterocycles. The van der Waals surface area contributed by atoms with E-state index in [0.29, 0.717) is 6.61 Å². The van der Waals surface area contributed by atoms with Gasteiger partial charge in [-0.2, -0.15) is 0 Å². The zero-order valence-electron chi connectivity index (χ0n) is 13.6. The molecule has 0 unspecified atom stereocenters. The second-order valence-electron chi connectivity index (χ2n) is 6.26. The Morgan fingerprint density at radius 3 is 2.52 bits per heavy atom. The minimum Gasteiger partial charge on any atom is -0.383 e. The highest BCUT2D eigenvalue weighted by atomic mass is 16.5. The van der Waals surface area contributed by atoms with Crippen molar-refractivity contribution in [2.24, 2.45) is 0 Å². The highest BCUT2D eigenvalue weighted by molar-refractivity contribution is 5.71. The average Bonchev–Trinajstić information content (AvgIpc) is 2.76. The summed E-state index contributed by atoms with van der Waals surface area (Å²) in [6.45, 7) is 9.14. The summed E-state index contributed by atoms with van der Waals surface area (Å²) < 4.78 is 7.33. The first-order valence-electron chi connectivity index (χ1n) is 7.34. The molecule has 2 aromatic rings. The number of nitrogens with zero attached hydrogens (tertiary/aromatic N) is 2. The van der Waals surface area contributed by atoms with Crippen LogP contribution in [0.25, 0.3) is 11.3 Å². The number of aromatic nitrogens is 2. The summed E-state index contributed by atoms with van der Waals surface area (Å²) in [6, 6.07) is 8.20. The van der Waals surface area contributed by atoms with Crippen molar-refractivity contribution in [2.75, 3.05) is 12.8 Å². The summed E-state index contributed by atoms with van der Waals surface area (Å²) in [7, 11) is 1.70. The lowest BCUT2D eigenvalue weighted by molar-refractivity contribution is 0.185. The number of ether oxygens (including phenoxy) is 1. The number of anilines is 1. The van der Waals surface area contributed by atoms with Crippen LogP contribution in [0.3, 0.4) is 0 Å². The average molecular weight is 287 g/mol. The van der Waals surface area contributed by atoms with Gasteiger partial charge in [0, 0.05) is 24.6 Å². The Labute approximate surface area is 127 Å². The second kappa shape index (κ2) is 5.90. The second-order valence-corrected chi connectivity index (χ2v) is 6.26. The summed E-state index contributed by atoms with van der Waals surface area (Å²) in [5.74, 6) is 1.75. The van der Waals surface area contributed by atoms with Crippen LogP contribution < -0.4 is 5.73 Å². The molecule has 2 rings (SSSR count). The van der Waals surface area contributed by atoms with Gasteiger partial charge >= 0.3 is 0 Å². The Balaban J connectivity index is 2.55. The van der Waals surface area contributed by atoms with Crippen LogP contribution in [0.2, 0.25) is 0 Å². The number of hydrogen-bond donors (Lipinski definition) is 1. The van der Waals surface area contributed by atoms with Gasteiger partial charge in [-0.1, -0.05) is 25.1 Å². The van der Waals surface area contributed by atoms with Gasteiger partial charge < -0.3 is 15.0 Å². The van der Waals surface area contributed by atoms with E-state index in [-0.39, 0.29) is 5.54 Å². The van der Waals surface area contributed by atoms with Gasteiger partial charge in [0.15, 0.2) is 0 Å². The van der Waals surface area contributed by atoms with Gasteiger partial charge in [0.1, 0.15) is 17.3 Å². The van der Waals surface area contributed by atoms with Crippen LogP contribution in [-0.4, -0.2) is 16.7 Å². The fourth-order valence-corrected chi connectivity index (χ4v) is 2.65. The number of imidazole rings is 1. The molecular weight excluding hydrogens is 262 g/mol. The molecule has 4 nitrogen and oxygen atoms in total. The van der Waals surface area contributed by atoms with E-state index in [1.807, 2.05) is 18.2 Å². The monoisotopic (exact) mass is 287 g/mol. The van der Waals surface area contributed by atoms with Gasteiger partial charge in [-0.3, -0.25) is 0 Å². The molecular formula is C17H25N3O. The number of nitrogen functional groups attached to an aromatic ring is 1. The zero-order valence-corrected chi connectivity index (χ0v) is 13.6. The van der Waals surface area contributed by atoms with E-state index in [0.717, 1.165) is 34.9 Å². The van der Waals surface area contributed by atoms with E-state index in [2.05, 4.69) is 38.3 Å². The molecule has 4 heteroatoms. The standard InChI is InChI=1S/C17H25N3O/c1-6-14-19-15(16(18)20(14)17(2,3)4)13-9-7-8-12(10-13)11-21-5/h7-10H,6,11,18H2,1-5H3. The van der Waals surface area contributed by atoms with Crippen molar-refractivity contribution >= 4 is 5.82 Å². The van der Waals surface area contributed by atoms with Crippen molar-refractivity contribution in [3.63, 3.8) is 0 Å². The zero-order chi connectivity index (χ0) is 15.6. The molecule has 0 radical (unpaired) electrons. The summed E-state index contributed by atoms with van der Waals surface area (Å²) in [6.07, 6.45) is 0.860. The van der Waals surface area contributed by atoms with E-state index >= 15 is 0 Å². The summed E-state index contributed by atoms with van der Waals surface area (Å²) >= 11 is 0. The Bertz CT molecular complexity index is 623. The molecule has 0 spiro atoms. The fraction of sp³-hybridized carbons (Fsp3) is 0.471. The minimum atomic E-state index is -0.0786. The Kier molecular flexibility index (Phi) is 4.37. The molecule has 114 valence electrons. The lowest BCUT2D eigenvalue weighted by Gasteiger charge is -2.24. The first-order chi connectivity index (χ1) is 9.88. The maximum atomic E-state index is 6.39. The third-order valence-corrected chi connectivity index (χ3v) is 3.48. The molecule has 1 heterocycles. The van der Waals surface area contributed by atoms with E-state index in [9.17, 15) is 0 Å². The Morgan fingerprint density at radius 1 is 1.29 bits per heavy atom. The third-order valence-electron chi connectivity index (χ3n) is 3.48. The predicted molar refractivity (Wildman–Crippen MR) is 87.2 cm³/mol. The van der Waals surface area contributed by atoms with Gasteiger partial charge in [-0.15, -0.1) is 0 Å². The highest BCUT2D eigenvalue weighted by Gasteiger charge is 2.23. The molecule has 0 amide bonds. The SMILES string of the molecule is CCc1nc(-c2cccc(COC)c2)c(N)n1C(C)(C)C. The van der Waals surface area contributed by atoms with Crippen LogP contribution in [0.5, 0.6) is 0 Å². The van der Waals surface area contributed by atoms with Gasteiger partial charge in [0.2, 0.25) is 0 Å². The molecule has 0 bridgehead atoms. The lowest BCUT2D eigenvalue weighted by Crippen LogP contribution is -2.25. The normalized spacial score (nSPS) is 11.9. The first-order valence-corrected chi connectivity index (χ1v) is 7.34. The molecule has 2 N–H and O–H groups in total. The van der Waals surface area contributed by atoms with Crippen molar-refractivity contribution in [3.8, 4) is 11.3 Å². The molecule has 21 heavy (non-hydrogen) atoms. The van der Waals surface area contributed by atoms with Crippen molar-refractivity contribution in [3.05, 3.63) is 35.7 Å². The summed E-state index contributed by atoms with van der Waals surface area (Å²) in [4.78, 5) is 4.76. The van der Waals surface area contributed by atoms with Crippen LogP contribution in [0.15, 0.2) is 24.3 Å². The smallest absolute Gasteiger partial charge is 0.132 e. The number of rotatable bonds is 4. The molecule has 0 aliphatic carbocycles. The van der Waals surface area contributed by atoms with Crippen molar-refractivity contribution in [1.82, 2.24) is 9.55 Å². The predicted octanol–water partition coefficient (Wildman–Crippen LogP) is 3.60. The summed E-state index contributed by atoms with van der Waals surface area (Å²) in [5.41, 5.74) is 9.34. The molecule has 0 saturated carbocycles.